The zero-order valence-electron chi connectivity index (χ0n) is 13.1. The third-order valence-electron chi connectivity index (χ3n) is 3.02. The minimum atomic E-state index is -0.944. The van der Waals surface area contributed by atoms with E-state index in [1.807, 2.05) is 26.8 Å². The maximum absolute atomic E-state index is 12.0. The molecule has 2 amide bonds. The molecule has 0 aliphatic carbocycles. The lowest BCUT2D eigenvalue weighted by molar-refractivity contribution is -0.138. The fraction of sp³-hybridized carbons (Fsp3) is 0.500. The van der Waals surface area contributed by atoms with Crippen molar-refractivity contribution in [3.05, 3.63) is 35.9 Å². The molecule has 1 aromatic carbocycles. The summed E-state index contributed by atoms with van der Waals surface area (Å²) in [6.07, 6.45) is 0. The van der Waals surface area contributed by atoms with E-state index in [4.69, 9.17) is 0 Å². The SMILES string of the molecule is CN(CC(C)(C)C)C(=O)NCC(C(=O)O)c1ccccc1. The second-order valence-electron chi connectivity index (χ2n) is 6.40. The lowest BCUT2D eigenvalue weighted by atomic mass is 9.96. The number of benzene rings is 1. The third kappa shape index (κ3) is 5.85. The Morgan fingerprint density at radius 3 is 2.29 bits per heavy atom. The molecule has 0 radical (unpaired) electrons. The van der Waals surface area contributed by atoms with Gasteiger partial charge in [0.2, 0.25) is 0 Å². The number of aliphatic carboxylic acids is 1. The van der Waals surface area contributed by atoms with Gasteiger partial charge in [-0.05, 0) is 11.0 Å². The van der Waals surface area contributed by atoms with Crippen LogP contribution in [-0.4, -0.2) is 42.1 Å². The summed E-state index contributed by atoms with van der Waals surface area (Å²) in [7, 11) is 1.71. The molecule has 0 saturated carbocycles. The number of carboxylic acid groups (broad SMARTS) is 1. The van der Waals surface area contributed by atoms with Gasteiger partial charge in [-0.25, -0.2) is 4.79 Å². The van der Waals surface area contributed by atoms with E-state index < -0.39 is 11.9 Å². The molecule has 5 nitrogen and oxygen atoms in total. The molecule has 1 rings (SSSR count). The Labute approximate surface area is 126 Å². The first-order chi connectivity index (χ1) is 9.70. The van der Waals surface area contributed by atoms with Gasteiger partial charge in [-0.1, -0.05) is 51.1 Å². The second kappa shape index (κ2) is 7.11. The first-order valence-electron chi connectivity index (χ1n) is 6.97. The van der Waals surface area contributed by atoms with Crippen LogP contribution in [0.25, 0.3) is 0 Å². The van der Waals surface area contributed by atoms with Crippen LogP contribution in [0.15, 0.2) is 30.3 Å². The topological polar surface area (TPSA) is 69.6 Å². The Morgan fingerprint density at radius 2 is 1.81 bits per heavy atom. The number of nitrogens with one attached hydrogen (secondary N) is 1. The molecule has 0 fully saturated rings. The van der Waals surface area contributed by atoms with Gasteiger partial charge in [0.1, 0.15) is 0 Å². The Balaban J connectivity index is 2.62. The highest BCUT2D eigenvalue weighted by Gasteiger charge is 2.22. The summed E-state index contributed by atoms with van der Waals surface area (Å²) in [6.45, 7) is 6.80. The Morgan fingerprint density at radius 1 is 1.24 bits per heavy atom. The molecule has 1 aromatic rings. The van der Waals surface area contributed by atoms with Crippen LogP contribution in [0.3, 0.4) is 0 Å². The molecule has 5 heteroatoms. The molecule has 0 saturated heterocycles. The van der Waals surface area contributed by atoms with Crippen LogP contribution in [0.1, 0.15) is 32.3 Å². The van der Waals surface area contributed by atoms with Crippen LogP contribution < -0.4 is 5.32 Å². The zero-order valence-corrected chi connectivity index (χ0v) is 13.1. The molecular formula is C16H24N2O3. The predicted octanol–water partition coefficient (Wildman–Crippen LogP) is 2.54. The molecule has 0 aliphatic heterocycles. The summed E-state index contributed by atoms with van der Waals surface area (Å²) in [4.78, 5) is 24.9. The molecule has 1 atom stereocenters. The van der Waals surface area contributed by atoms with E-state index in [1.54, 1.807) is 36.2 Å². The maximum Gasteiger partial charge on any atom is 0.317 e. The summed E-state index contributed by atoms with van der Waals surface area (Å²) in [5.41, 5.74) is 0.682. The van der Waals surface area contributed by atoms with E-state index in [0.29, 0.717) is 12.1 Å². The minimum absolute atomic E-state index is 0.00226. The van der Waals surface area contributed by atoms with Gasteiger partial charge in [0.25, 0.3) is 0 Å². The number of hydrogen-bond donors (Lipinski definition) is 2. The molecule has 0 aliphatic rings. The highest BCUT2D eigenvalue weighted by atomic mass is 16.4. The second-order valence-corrected chi connectivity index (χ2v) is 6.40. The number of carboxylic acids is 1. The van der Waals surface area contributed by atoms with Crippen molar-refractivity contribution in [2.24, 2.45) is 5.41 Å². The Bertz CT molecular complexity index is 480. The minimum Gasteiger partial charge on any atom is -0.481 e. The highest BCUT2D eigenvalue weighted by Crippen LogP contribution is 2.16. The van der Waals surface area contributed by atoms with E-state index in [9.17, 15) is 14.7 Å². The van der Waals surface area contributed by atoms with Gasteiger partial charge < -0.3 is 15.3 Å². The molecular weight excluding hydrogens is 268 g/mol. The smallest absolute Gasteiger partial charge is 0.317 e. The number of urea groups is 1. The summed E-state index contributed by atoms with van der Waals surface area (Å²) < 4.78 is 0. The lowest BCUT2D eigenvalue weighted by Gasteiger charge is -2.27. The molecule has 116 valence electrons. The van der Waals surface area contributed by atoms with Gasteiger partial charge in [0.05, 0.1) is 5.92 Å². The van der Waals surface area contributed by atoms with Crippen LogP contribution in [0, 0.1) is 5.41 Å². The summed E-state index contributed by atoms with van der Waals surface area (Å²) in [5.74, 6) is -1.68. The zero-order chi connectivity index (χ0) is 16.0. The standard InChI is InChI=1S/C16H24N2O3/c1-16(2,3)11-18(4)15(21)17-10-13(14(19)20)12-8-6-5-7-9-12/h5-9,13H,10-11H2,1-4H3,(H,17,21)(H,19,20). The molecule has 0 heterocycles. The van der Waals surface area contributed by atoms with Gasteiger partial charge in [-0.3, -0.25) is 4.79 Å². The number of carbonyl (C=O) groups is 2. The van der Waals surface area contributed by atoms with Crippen LogP contribution in [0.2, 0.25) is 0 Å². The largest absolute Gasteiger partial charge is 0.481 e. The van der Waals surface area contributed by atoms with Crippen molar-refractivity contribution in [1.82, 2.24) is 10.2 Å². The fourth-order valence-corrected chi connectivity index (χ4v) is 2.14. The quantitative estimate of drug-likeness (QED) is 0.876. The molecule has 21 heavy (non-hydrogen) atoms. The van der Waals surface area contributed by atoms with Crippen LogP contribution >= 0.6 is 0 Å². The fourth-order valence-electron chi connectivity index (χ4n) is 2.14. The van der Waals surface area contributed by atoms with Crippen LogP contribution in [0.5, 0.6) is 0 Å². The first kappa shape index (κ1) is 17.0. The van der Waals surface area contributed by atoms with Crippen molar-refractivity contribution < 1.29 is 14.7 Å². The Hall–Kier alpha value is -2.04. The van der Waals surface area contributed by atoms with E-state index in [1.165, 1.54) is 0 Å². The molecule has 0 aromatic heterocycles. The van der Waals surface area contributed by atoms with Crippen molar-refractivity contribution in [3.63, 3.8) is 0 Å². The van der Waals surface area contributed by atoms with E-state index in [2.05, 4.69) is 5.32 Å². The third-order valence-corrected chi connectivity index (χ3v) is 3.02. The van der Waals surface area contributed by atoms with E-state index in [-0.39, 0.29) is 18.0 Å². The van der Waals surface area contributed by atoms with E-state index >= 15 is 0 Å². The predicted molar refractivity (Wildman–Crippen MR) is 82.3 cm³/mol. The lowest BCUT2D eigenvalue weighted by Crippen LogP contribution is -2.43. The molecule has 0 bridgehead atoms. The molecule has 1 unspecified atom stereocenters. The van der Waals surface area contributed by atoms with Gasteiger partial charge in [0, 0.05) is 20.1 Å². The normalized spacial score (nSPS) is 12.6. The maximum atomic E-state index is 12.0. The summed E-state index contributed by atoms with van der Waals surface area (Å²) >= 11 is 0. The Kier molecular flexibility index (Phi) is 5.76. The highest BCUT2D eigenvalue weighted by molar-refractivity contribution is 5.79. The molecule has 0 spiro atoms. The summed E-state index contributed by atoms with van der Waals surface area (Å²) in [6, 6.07) is 8.66. The molecule has 2 N–H and O–H groups in total. The monoisotopic (exact) mass is 292 g/mol. The number of rotatable bonds is 5. The van der Waals surface area contributed by atoms with Gasteiger partial charge >= 0.3 is 12.0 Å². The van der Waals surface area contributed by atoms with Gasteiger partial charge in [-0.2, -0.15) is 0 Å². The average molecular weight is 292 g/mol. The van der Waals surface area contributed by atoms with Crippen molar-refractivity contribution in [3.8, 4) is 0 Å². The van der Waals surface area contributed by atoms with Gasteiger partial charge in [-0.15, -0.1) is 0 Å². The number of carbonyl (C=O) groups excluding carboxylic acids is 1. The van der Waals surface area contributed by atoms with Crippen LogP contribution in [-0.2, 0) is 4.79 Å². The number of hydrogen-bond acceptors (Lipinski definition) is 2. The van der Waals surface area contributed by atoms with Crippen molar-refractivity contribution in [2.75, 3.05) is 20.1 Å². The van der Waals surface area contributed by atoms with E-state index in [0.717, 1.165) is 0 Å². The number of nitrogens with zero attached hydrogens (tertiary/aromatic N) is 1. The van der Waals surface area contributed by atoms with Crippen LogP contribution in [0.4, 0.5) is 4.79 Å². The van der Waals surface area contributed by atoms with Crippen molar-refractivity contribution >= 4 is 12.0 Å². The van der Waals surface area contributed by atoms with Crippen molar-refractivity contribution in [1.29, 1.82) is 0 Å². The van der Waals surface area contributed by atoms with Gasteiger partial charge in [0.15, 0.2) is 0 Å². The summed E-state index contributed by atoms with van der Waals surface area (Å²) in [5, 5.41) is 12.0. The number of amides is 2. The first-order valence-corrected chi connectivity index (χ1v) is 6.97. The average Bonchev–Trinajstić information content (AvgIpc) is 2.37. The van der Waals surface area contributed by atoms with Crippen molar-refractivity contribution in [2.45, 2.75) is 26.7 Å².